The van der Waals surface area contributed by atoms with Crippen molar-refractivity contribution >= 4 is 5.91 Å². The number of hydrogen-bond acceptors (Lipinski definition) is 4. The highest BCUT2D eigenvalue weighted by Gasteiger charge is 2.14. The molecule has 0 radical (unpaired) electrons. The van der Waals surface area contributed by atoms with Gasteiger partial charge in [0.15, 0.2) is 0 Å². The molecule has 0 aliphatic heterocycles. The van der Waals surface area contributed by atoms with Gasteiger partial charge in [0.2, 0.25) is 5.91 Å². The standard InChI is InChI=1S/C14H23N3O2/c1-17(2)13(12-6-4-3-5-7-12)10-16-14(18)11-19-9-8-15/h3-7,13H,8-11,15H2,1-2H3,(H,16,18). The van der Waals surface area contributed by atoms with Crippen molar-refractivity contribution in [2.75, 3.05) is 40.4 Å². The third-order valence-electron chi connectivity index (χ3n) is 2.80. The number of hydrogen-bond donors (Lipinski definition) is 2. The molecule has 0 aromatic heterocycles. The third kappa shape index (κ3) is 5.83. The first-order valence-corrected chi connectivity index (χ1v) is 6.41. The van der Waals surface area contributed by atoms with Crippen LogP contribution in [0.15, 0.2) is 30.3 Å². The van der Waals surface area contributed by atoms with Crippen LogP contribution in [-0.4, -0.2) is 51.2 Å². The molecule has 0 fully saturated rings. The van der Waals surface area contributed by atoms with Crippen molar-refractivity contribution in [3.63, 3.8) is 0 Å². The molecule has 0 aliphatic rings. The summed E-state index contributed by atoms with van der Waals surface area (Å²) >= 11 is 0. The Morgan fingerprint density at radius 2 is 2.05 bits per heavy atom. The van der Waals surface area contributed by atoms with Gasteiger partial charge in [0.1, 0.15) is 6.61 Å². The Balaban J connectivity index is 2.45. The maximum absolute atomic E-state index is 11.6. The molecule has 1 aromatic rings. The second kappa shape index (κ2) is 8.63. The third-order valence-corrected chi connectivity index (χ3v) is 2.80. The molecule has 1 atom stereocenters. The second-order valence-corrected chi connectivity index (χ2v) is 4.54. The van der Waals surface area contributed by atoms with Gasteiger partial charge in [-0.3, -0.25) is 4.79 Å². The van der Waals surface area contributed by atoms with Crippen molar-refractivity contribution < 1.29 is 9.53 Å². The zero-order valence-electron chi connectivity index (χ0n) is 11.6. The number of ether oxygens (including phenoxy) is 1. The highest BCUT2D eigenvalue weighted by Crippen LogP contribution is 2.16. The van der Waals surface area contributed by atoms with E-state index in [1.165, 1.54) is 5.56 Å². The molecule has 0 bridgehead atoms. The lowest BCUT2D eigenvalue weighted by Crippen LogP contribution is -2.36. The Bertz CT molecular complexity index is 368. The summed E-state index contributed by atoms with van der Waals surface area (Å²) in [5.41, 5.74) is 6.47. The van der Waals surface area contributed by atoms with E-state index in [1.807, 2.05) is 32.3 Å². The van der Waals surface area contributed by atoms with Crippen LogP contribution in [0.25, 0.3) is 0 Å². The molecule has 1 aromatic carbocycles. The van der Waals surface area contributed by atoms with Crippen molar-refractivity contribution in [3.05, 3.63) is 35.9 Å². The topological polar surface area (TPSA) is 67.6 Å². The minimum absolute atomic E-state index is 0.0616. The largest absolute Gasteiger partial charge is 0.370 e. The summed E-state index contributed by atoms with van der Waals surface area (Å²) in [7, 11) is 3.99. The number of nitrogens with zero attached hydrogens (tertiary/aromatic N) is 1. The molecule has 5 heteroatoms. The summed E-state index contributed by atoms with van der Waals surface area (Å²) < 4.78 is 5.09. The summed E-state index contributed by atoms with van der Waals surface area (Å²) in [4.78, 5) is 13.7. The Morgan fingerprint density at radius 3 is 2.63 bits per heavy atom. The van der Waals surface area contributed by atoms with E-state index < -0.39 is 0 Å². The van der Waals surface area contributed by atoms with E-state index in [1.54, 1.807) is 0 Å². The van der Waals surface area contributed by atoms with Gasteiger partial charge >= 0.3 is 0 Å². The van der Waals surface area contributed by atoms with Crippen LogP contribution in [-0.2, 0) is 9.53 Å². The number of carbonyl (C=O) groups excluding carboxylic acids is 1. The molecule has 1 amide bonds. The average molecular weight is 265 g/mol. The monoisotopic (exact) mass is 265 g/mol. The average Bonchev–Trinajstić information content (AvgIpc) is 2.40. The highest BCUT2D eigenvalue weighted by molar-refractivity contribution is 5.77. The first kappa shape index (κ1) is 15.6. The minimum atomic E-state index is -0.115. The summed E-state index contributed by atoms with van der Waals surface area (Å²) in [5, 5.41) is 2.88. The SMILES string of the molecule is CN(C)C(CNC(=O)COCCN)c1ccccc1. The number of amides is 1. The molecule has 0 saturated carbocycles. The molecule has 3 N–H and O–H groups in total. The van der Waals surface area contributed by atoms with Gasteiger partial charge in [0.05, 0.1) is 12.6 Å². The van der Waals surface area contributed by atoms with Crippen LogP contribution in [0, 0.1) is 0 Å². The molecule has 0 aliphatic carbocycles. The number of carbonyl (C=O) groups is 1. The number of benzene rings is 1. The number of likely N-dealkylation sites (N-methyl/N-ethyl adjacent to an activating group) is 1. The predicted octanol–water partition coefficient (Wildman–Crippen LogP) is 0.381. The first-order valence-electron chi connectivity index (χ1n) is 6.41. The van der Waals surface area contributed by atoms with Crippen LogP contribution in [0.4, 0.5) is 0 Å². The normalized spacial score (nSPS) is 12.4. The lowest BCUT2D eigenvalue weighted by molar-refractivity contribution is -0.125. The van der Waals surface area contributed by atoms with Gasteiger partial charge in [-0.2, -0.15) is 0 Å². The maximum Gasteiger partial charge on any atom is 0.246 e. The number of nitrogens with one attached hydrogen (secondary N) is 1. The summed E-state index contributed by atoms with van der Waals surface area (Å²) in [5.74, 6) is -0.115. The van der Waals surface area contributed by atoms with E-state index in [0.29, 0.717) is 19.7 Å². The van der Waals surface area contributed by atoms with Crippen molar-refractivity contribution in [2.24, 2.45) is 5.73 Å². The summed E-state index contributed by atoms with van der Waals surface area (Å²) in [6.45, 7) is 1.45. The number of nitrogens with two attached hydrogens (primary N) is 1. The van der Waals surface area contributed by atoms with Gasteiger partial charge < -0.3 is 20.7 Å². The molecule has 0 saturated heterocycles. The first-order chi connectivity index (χ1) is 9.15. The fourth-order valence-corrected chi connectivity index (χ4v) is 1.78. The molecule has 106 valence electrons. The fourth-order valence-electron chi connectivity index (χ4n) is 1.78. The van der Waals surface area contributed by atoms with Crippen LogP contribution in [0.2, 0.25) is 0 Å². The predicted molar refractivity (Wildman–Crippen MR) is 75.8 cm³/mol. The quantitative estimate of drug-likeness (QED) is 0.667. The number of rotatable bonds is 8. The molecule has 19 heavy (non-hydrogen) atoms. The van der Waals surface area contributed by atoms with Crippen molar-refractivity contribution in [2.45, 2.75) is 6.04 Å². The molecule has 5 nitrogen and oxygen atoms in total. The maximum atomic E-state index is 11.6. The van der Waals surface area contributed by atoms with Gasteiger partial charge in [-0.25, -0.2) is 0 Å². The van der Waals surface area contributed by atoms with Crippen molar-refractivity contribution in [1.82, 2.24) is 10.2 Å². The van der Waals surface area contributed by atoms with Crippen molar-refractivity contribution in [1.29, 1.82) is 0 Å². The Hall–Kier alpha value is -1.43. The Labute approximate surface area is 114 Å². The Morgan fingerprint density at radius 1 is 1.37 bits per heavy atom. The Kier molecular flexibility index (Phi) is 7.10. The minimum Gasteiger partial charge on any atom is -0.370 e. The lowest BCUT2D eigenvalue weighted by atomic mass is 10.1. The van der Waals surface area contributed by atoms with Crippen LogP contribution in [0.3, 0.4) is 0 Å². The van der Waals surface area contributed by atoms with Crippen LogP contribution >= 0.6 is 0 Å². The van der Waals surface area contributed by atoms with E-state index in [-0.39, 0.29) is 18.6 Å². The van der Waals surface area contributed by atoms with Crippen molar-refractivity contribution in [3.8, 4) is 0 Å². The van der Waals surface area contributed by atoms with Crippen LogP contribution in [0.1, 0.15) is 11.6 Å². The van der Waals surface area contributed by atoms with E-state index in [0.717, 1.165) is 0 Å². The van der Waals surface area contributed by atoms with Gasteiger partial charge in [-0.1, -0.05) is 30.3 Å². The summed E-state index contributed by atoms with van der Waals surface area (Å²) in [6, 6.07) is 10.2. The molecule has 0 heterocycles. The smallest absolute Gasteiger partial charge is 0.246 e. The van der Waals surface area contributed by atoms with E-state index in [9.17, 15) is 4.79 Å². The van der Waals surface area contributed by atoms with Crippen LogP contribution in [0.5, 0.6) is 0 Å². The van der Waals surface area contributed by atoms with E-state index >= 15 is 0 Å². The van der Waals surface area contributed by atoms with Gasteiger partial charge in [0, 0.05) is 13.1 Å². The molecular weight excluding hydrogens is 242 g/mol. The second-order valence-electron chi connectivity index (χ2n) is 4.54. The van der Waals surface area contributed by atoms with Gasteiger partial charge in [-0.15, -0.1) is 0 Å². The van der Waals surface area contributed by atoms with Gasteiger partial charge in [-0.05, 0) is 19.7 Å². The zero-order chi connectivity index (χ0) is 14.1. The molecule has 0 spiro atoms. The van der Waals surface area contributed by atoms with E-state index in [2.05, 4.69) is 22.3 Å². The van der Waals surface area contributed by atoms with E-state index in [4.69, 9.17) is 10.5 Å². The summed E-state index contributed by atoms with van der Waals surface area (Å²) in [6.07, 6.45) is 0. The molecular formula is C14H23N3O2. The molecule has 1 unspecified atom stereocenters. The molecule has 1 rings (SSSR count). The van der Waals surface area contributed by atoms with Gasteiger partial charge in [0.25, 0.3) is 0 Å². The lowest BCUT2D eigenvalue weighted by Gasteiger charge is -2.25. The van der Waals surface area contributed by atoms with Crippen LogP contribution < -0.4 is 11.1 Å². The highest BCUT2D eigenvalue weighted by atomic mass is 16.5. The fraction of sp³-hybridized carbons (Fsp3) is 0.500. The zero-order valence-corrected chi connectivity index (χ0v) is 11.6.